The van der Waals surface area contributed by atoms with E-state index in [4.69, 9.17) is 16.3 Å². The van der Waals surface area contributed by atoms with E-state index >= 15 is 0 Å². The molecule has 3 nitrogen and oxygen atoms in total. The maximum absolute atomic E-state index is 5.27. The zero-order valence-corrected chi connectivity index (χ0v) is 6.36. The van der Waals surface area contributed by atoms with E-state index < -0.39 is 0 Å². The van der Waals surface area contributed by atoms with Gasteiger partial charge in [-0.2, -0.15) is 0 Å². The van der Waals surface area contributed by atoms with Crippen LogP contribution in [0, 0.1) is 0 Å². The zero-order valence-electron chi connectivity index (χ0n) is 5.61. The van der Waals surface area contributed by atoms with Crippen LogP contribution >= 0.6 is 11.6 Å². The molecule has 1 unspecified atom stereocenters. The predicted octanol–water partition coefficient (Wildman–Crippen LogP) is 1.75. The van der Waals surface area contributed by atoms with Crippen LogP contribution < -0.4 is 12.3 Å². The van der Waals surface area contributed by atoms with Crippen molar-refractivity contribution in [1.29, 1.82) is 0 Å². The quantitative estimate of drug-likeness (QED) is 0.343. The van der Waals surface area contributed by atoms with Crippen molar-refractivity contribution < 1.29 is 4.74 Å². The topological polar surface area (TPSA) is 82.5 Å². The second kappa shape index (κ2) is 10.8. The fourth-order valence-corrected chi connectivity index (χ4v) is 0.335. The smallest absolute Gasteiger partial charge is 0.0944 e. The van der Waals surface area contributed by atoms with E-state index in [1.807, 2.05) is 0 Å². The maximum atomic E-state index is 5.27. The molecule has 1 fully saturated rings. The summed E-state index contributed by atoms with van der Waals surface area (Å²) in [5.74, 6) is 0.667. The third kappa shape index (κ3) is 11.5. The second-order valence-corrected chi connectivity index (χ2v) is 1.42. The van der Waals surface area contributed by atoms with E-state index in [1.54, 1.807) is 0 Å². The first-order valence-corrected chi connectivity index (χ1v) is 2.64. The van der Waals surface area contributed by atoms with E-state index in [0.29, 0.717) is 12.0 Å². The first kappa shape index (κ1) is 16.0. The van der Waals surface area contributed by atoms with Crippen LogP contribution in [0.3, 0.4) is 0 Å². The Kier molecular flexibility index (Phi) is 19.2. The van der Waals surface area contributed by atoms with E-state index in [0.717, 1.165) is 6.61 Å². The first-order chi connectivity index (χ1) is 3.43. The summed E-state index contributed by atoms with van der Waals surface area (Å²) in [5.41, 5.74) is 0. The van der Waals surface area contributed by atoms with Gasteiger partial charge in [0.25, 0.3) is 0 Å². The van der Waals surface area contributed by atoms with Gasteiger partial charge in [-0.05, 0) is 0 Å². The molecule has 0 aromatic heterocycles. The van der Waals surface area contributed by atoms with E-state index in [1.165, 1.54) is 0 Å². The summed E-state index contributed by atoms with van der Waals surface area (Å²) >= 11 is 5.27. The number of hydrogen-bond acceptors (Lipinski definition) is 3. The lowest BCUT2D eigenvalue weighted by Crippen LogP contribution is -1.80. The zero-order chi connectivity index (χ0) is 5.70. The Bertz CT molecular complexity index is 50.2. The van der Waals surface area contributed by atoms with Crippen LogP contribution in [0.5, 0.6) is 0 Å². The number of rotatable bonds is 1. The standard InChI is InChI=1S/C3H5ClO.C2H4.2H3N/c4-1-3-2-5-3;1-2;;/h3H,1-2H2;1-2H2;2*1H3. The van der Waals surface area contributed by atoms with Gasteiger partial charge < -0.3 is 17.0 Å². The minimum Gasteiger partial charge on any atom is -0.372 e. The lowest BCUT2D eigenvalue weighted by Gasteiger charge is -1.67. The van der Waals surface area contributed by atoms with Crippen LogP contribution in [0.4, 0.5) is 0 Å². The highest BCUT2D eigenvalue weighted by molar-refractivity contribution is 6.18. The summed E-state index contributed by atoms with van der Waals surface area (Å²) in [6.45, 7) is 6.88. The van der Waals surface area contributed by atoms with Crippen LogP contribution in [0.2, 0.25) is 0 Å². The molecule has 0 amide bonds. The molecule has 1 rings (SSSR count). The van der Waals surface area contributed by atoms with Crippen molar-refractivity contribution in [3.63, 3.8) is 0 Å². The molecule has 1 aliphatic heterocycles. The first-order valence-electron chi connectivity index (χ1n) is 2.11. The van der Waals surface area contributed by atoms with Crippen molar-refractivity contribution in [2.75, 3.05) is 12.5 Å². The van der Waals surface area contributed by atoms with Crippen LogP contribution in [0.15, 0.2) is 13.2 Å². The summed E-state index contributed by atoms with van der Waals surface area (Å²) in [6.07, 6.45) is 0.400. The van der Waals surface area contributed by atoms with Gasteiger partial charge in [0.1, 0.15) is 0 Å². The molecule has 0 spiro atoms. The van der Waals surface area contributed by atoms with Crippen LogP contribution in [0.1, 0.15) is 0 Å². The number of halogens is 1. The molecule has 58 valence electrons. The van der Waals surface area contributed by atoms with Crippen molar-refractivity contribution in [2.45, 2.75) is 6.10 Å². The molecule has 6 N–H and O–H groups in total. The van der Waals surface area contributed by atoms with Gasteiger partial charge in [0.05, 0.1) is 18.6 Å². The molecule has 0 saturated carbocycles. The lowest BCUT2D eigenvalue weighted by atomic mass is 10.6. The molecule has 0 bridgehead atoms. The van der Waals surface area contributed by atoms with E-state index in [9.17, 15) is 0 Å². The minimum atomic E-state index is 0. The normalized spacial score (nSPS) is 19.4. The maximum Gasteiger partial charge on any atom is 0.0944 e. The van der Waals surface area contributed by atoms with Gasteiger partial charge >= 0.3 is 0 Å². The molecule has 0 aromatic rings. The second-order valence-electron chi connectivity index (χ2n) is 1.11. The van der Waals surface area contributed by atoms with Gasteiger partial charge in [-0.25, -0.2) is 0 Å². The molecular formula is C5H15ClN2O. The van der Waals surface area contributed by atoms with Crippen molar-refractivity contribution in [1.82, 2.24) is 12.3 Å². The molecule has 0 aromatic carbocycles. The Hall–Kier alpha value is -0.0900. The SMILES string of the molecule is C=C.ClCC1CO1.N.N. The number of ether oxygens (including phenoxy) is 1. The number of epoxide rings is 1. The molecule has 1 atom stereocenters. The highest BCUT2D eigenvalue weighted by Crippen LogP contribution is 2.08. The third-order valence-corrected chi connectivity index (χ3v) is 0.919. The average molecular weight is 155 g/mol. The fraction of sp³-hybridized carbons (Fsp3) is 0.600. The van der Waals surface area contributed by atoms with Crippen molar-refractivity contribution in [3.05, 3.63) is 13.2 Å². The van der Waals surface area contributed by atoms with Gasteiger partial charge in [-0.15, -0.1) is 24.8 Å². The molecule has 1 heterocycles. The van der Waals surface area contributed by atoms with Crippen molar-refractivity contribution >= 4 is 11.6 Å². The molecule has 4 heteroatoms. The van der Waals surface area contributed by atoms with Crippen LogP contribution in [-0.4, -0.2) is 18.6 Å². The fourth-order valence-electron chi connectivity index (χ4n) is 0.157. The van der Waals surface area contributed by atoms with Gasteiger partial charge in [-0.1, -0.05) is 0 Å². The van der Waals surface area contributed by atoms with Crippen LogP contribution in [0.25, 0.3) is 0 Å². The molecule has 0 radical (unpaired) electrons. The predicted molar refractivity (Wildman–Crippen MR) is 41.8 cm³/mol. The average Bonchev–Trinajstić information content (AvgIpc) is 2.52. The lowest BCUT2D eigenvalue weighted by molar-refractivity contribution is 0.425. The monoisotopic (exact) mass is 154 g/mol. The minimum absolute atomic E-state index is 0. The molecule has 9 heavy (non-hydrogen) atoms. The summed E-state index contributed by atoms with van der Waals surface area (Å²) in [4.78, 5) is 0. The highest BCUT2D eigenvalue weighted by Gasteiger charge is 2.19. The molecule has 0 aliphatic carbocycles. The Labute approximate surface area is 61.2 Å². The summed E-state index contributed by atoms with van der Waals surface area (Å²) in [6, 6.07) is 0. The summed E-state index contributed by atoms with van der Waals surface area (Å²) < 4.78 is 4.73. The Morgan fingerprint density at radius 1 is 1.44 bits per heavy atom. The van der Waals surface area contributed by atoms with E-state index in [2.05, 4.69) is 13.2 Å². The van der Waals surface area contributed by atoms with E-state index in [-0.39, 0.29) is 12.3 Å². The largest absolute Gasteiger partial charge is 0.372 e. The molecule has 1 saturated heterocycles. The van der Waals surface area contributed by atoms with Crippen molar-refractivity contribution in [2.24, 2.45) is 0 Å². The molecule has 1 aliphatic rings. The number of alkyl halides is 1. The molecular weight excluding hydrogens is 140 g/mol. The summed E-state index contributed by atoms with van der Waals surface area (Å²) in [5, 5.41) is 0. The van der Waals surface area contributed by atoms with Gasteiger partial charge in [0, 0.05) is 0 Å². The van der Waals surface area contributed by atoms with Crippen molar-refractivity contribution in [3.8, 4) is 0 Å². The Morgan fingerprint density at radius 2 is 1.78 bits per heavy atom. The highest BCUT2D eigenvalue weighted by atomic mass is 35.5. The third-order valence-electron chi connectivity index (χ3n) is 0.574. The Morgan fingerprint density at radius 3 is 1.78 bits per heavy atom. The van der Waals surface area contributed by atoms with Crippen LogP contribution in [-0.2, 0) is 4.74 Å². The Balaban J connectivity index is -0.0000000836. The van der Waals surface area contributed by atoms with Gasteiger partial charge in [-0.3, -0.25) is 0 Å². The van der Waals surface area contributed by atoms with Gasteiger partial charge in [0.15, 0.2) is 0 Å². The van der Waals surface area contributed by atoms with Gasteiger partial charge in [0.2, 0.25) is 0 Å². The summed E-state index contributed by atoms with van der Waals surface area (Å²) in [7, 11) is 0. The number of hydrogen-bond donors (Lipinski definition) is 2.